The minimum Gasteiger partial charge on any atom is -0.379 e. The molecule has 1 saturated heterocycles. The summed E-state index contributed by atoms with van der Waals surface area (Å²) in [5.74, 6) is 0. The number of hydrogen-bond donors (Lipinski definition) is 1. The van der Waals surface area contributed by atoms with Crippen LogP contribution in [-0.4, -0.2) is 42.8 Å². The predicted octanol–water partition coefficient (Wildman–Crippen LogP) is 2.66. The van der Waals surface area contributed by atoms with Gasteiger partial charge in [0.15, 0.2) is 0 Å². The van der Waals surface area contributed by atoms with Gasteiger partial charge in [-0.3, -0.25) is 4.90 Å². The Morgan fingerprint density at radius 2 is 2.00 bits per heavy atom. The monoisotopic (exact) mass is 276 g/mol. The van der Waals surface area contributed by atoms with Gasteiger partial charge in [0.2, 0.25) is 0 Å². The van der Waals surface area contributed by atoms with Crippen molar-refractivity contribution < 1.29 is 4.74 Å². The fourth-order valence-corrected chi connectivity index (χ4v) is 2.96. The van der Waals surface area contributed by atoms with Crippen LogP contribution in [0, 0.1) is 0 Å². The Balaban J connectivity index is 1.93. The Labute approximate surface area is 123 Å². The van der Waals surface area contributed by atoms with Crippen molar-refractivity contribution in [2.24, 2.45) is 0 Å². The minimum absolute atomic E-state index is 0.496. The number of ether oxygens (including phenoxy) is 1. The SMILES string of the molecule is CC(C)N(Cc1ccccc1)C(C)CC1COCCN1. The molecule has 0 spiro atoms. The number of morpholine rings is 1. The Hall–Kier alpha value is -0.900. The Bertz CT molecular complexity index is 374. The molecule has 0 aromatic heterocycles. The van der Waals surface area contributed by atoms with Gasteiger partial charge in [0.1, 0.15) is 0 Å². The largest absolute Gasteiger partial charge is 0.379 e. The van der Waals surface area contributed by atoms with Gasteiger partial charge in [-0.15, -0.1) is 0 Å². The number of rotatable bonds is 6. The lowest BCUT2D eigenvalue weighted by Crippen LogP contribution is -2.47. The quantitative estimate of drug-likeness (QED) is 0.864. The molecule has 1 N–H and O–H groups in total. The second-order valence-electron chi connectivity index (χ2n) is 6.06. The molecule has 1 aliphatic rings. The van der Waals surface area contributed by atoms with Crippen LogP contribution in [0.1, 0.15) is 32.8 Å². The molecule has 2 unspecified atom stereocenters. The summed E-state index contributed by atoms with van der Waals surface area (Å²) in [6.45, 7) is 10.6. The van der Waals surface area contributed by atoms with E-state index in [0.717, 1.165) is 32.7 Å². The minimum atomic E-state index is 0.496. The van der Waals surface area contributed by atoms with Crippen molar-refractivity contribution in [2.45, 2.75) is 51.9 Å². The number of benzene rings is 1. The van der Waals surface area contributed by atoms with Crippen LogP contribution >= 0.6 is 0 Å². The molecule has 112 valence electrons. The standard InChI is InChI=1S/C17H28N2O/c1-14(2)19(12-16-7-5-4-6-8-16)15(3)11-17-13-20-10-9-18-17/h4-8,14-15,17-18H,9-13H2,1-3H3. The van der Waals surface area contributed by atoms with E-state index in [1.165, 1.54) is 5.56 Å². The fourth-order valence-electron chi connectivity index (χ4n) is 2.96. The maximum atomic E-state index is 5.56. The predicted molar refractivity (Wildman–Crippen MR) is 83.8 cm³/mol. The lowest BCUT2D eigenvalue weighted by molar-refractivity contribution is 0.0559. The number of nitrogens with zero attached hydrogens (tertiary/aromatic N) is 1. The summed E-state index contributed by atoms with van der Waals surface area (Å²) in [6, 6.07) is 12.3. The van der Waals surface area contributed by atoms with E-state index < -0.39 is 0 Å². The maximum Gasteiger partial charge on any atom is 0.0620 e. The Morgan fingerprint density at radius 3 is 2.60 bits per heavy atom. The highest BCUT2D eigenvalue weighted by Crippen LogP contribution is 2.16. The molecule has 3 heteroatoms. The second-order valence-corrected chi connectivity index (χ2v) is 6.06. The van der Waals surface area contributed by atoms with Crippen LogP contribution in [0.15, 0.2) is 30.3 Å². The molecule has 2 atom stereocenters. The van der Waals surface area contributed by atoms with Crippen LogP contribution in [-0.2, 0) is 11.3 Å². The van der Waals surface area contributed by atoms with E-state index >= 15 is 0 Å². The molecular formula is C17H28N2O. The molecule has 20 heavy (non-hydrogen) atoms. The summed E-state index contributed by atoms with van der Waals surface area (Å²) >= 11 is 0. The molecule has 0 amide bonds. The molecule has 0 bridgehead atoms. The highest BCUT2D eigenvalue weighted by atomic mass is 16.5. The smallest absolute Gasteiger partial charge is 0.0620 e. The van der Waals surface area contributed by atoms with Gasteiger partial charge in [-0.1, -0.05) is 30.3 Å². The topological polar surface area (TPSA) is 24.5 Å². The van der Waals surface area contributed by atoms with E-state index in [1.807, 2.05) is 0 Å². The molecule has 0 saturated carbocycles. The maximum absolute atomic E-state index is 5.56. The highest BCUT2D eigenvalue weighted by Gasteiger charge is 2.22. The van der Waals surface area contributed by atoms with Crippen LogP contribution < -0.4 is 5.32 Å². The lowest BCUT2D eigenvalue weighted by Gasteiger charge is -2.36. The van der Waals surface area contributed by atoms with Gasteiger partial charge in [0, 0.05) is 31.2 Å². The summed E-state index contributed by atoms with van der Waals surface area (Å²) in [7, 11) is 0. The molecule has 3 nitrogen and oxygen atoms in total. The zero-order chi connectivity index (χ0) is 14.4. The zero-order valence-electron chi connectivity index (χ0n) is 13.0. The Morgan fingerprint density at radius 1 is 1.25 bits per heavy atom. The van der Waals surface area contributed by atoms with Crippen molar-refractivity contribution in [1.29, 1.82) is 0 Å². The van der Waals surface area contributed by atoms with Crippen LogP contribution in [0.5, 0.6) is 0 Å². The average molecular weight is 276 g/mol. The molecular weight excluding hydrogens is 248 g/mol. The fraction of sp³-hybridized carbons (Fsp3) is 0.647. The van der Waals surface area contributed by atoms with E-state index in [9.17, 15) is 0 Å². The van der Waals surface area contributed by atoms with Gasteiger partial charge in [0.25, 0.3) is 0 Å². The van der Waals surface area contributed by atoms with E-state index in [0.29, 0.717) is 18.1 Å². The van der Waals surface area contributed by atoms with E-state index in [4.69, 9.17) is 4.74 Å². The summed E-state index contributed by atoms with van der Waals surface area (Å²) in [5.41, 5.74) is 1.39. The third kappa shape index (κ3) is 4.58. The molecule has 1 fully saturated rings. The van der Waals surface area contributed by atoms with Gasteiger partial charge in [-0.25, -0.2) is 0 Å². The van der Waals surface area contributed by atoms with Crippen LogP contribution in [0.3, 0.4) is 0 Å². The van der Waals surface area contributed by atoms with Crippen molar-refractivity contribution in [3.05, 3.63) is 35.9 Å². The molecule has 1 aromatic rings. The summed E-state index contributed by atoms with van der Waals surface area (Å²) in [4.78, 5) is 2.58. The van der Waals surface area contributed by atoms with Crippen molar-refractivity contribution in [1.82, 2.24) is 10.2 Å². The van der Waals surface area contributed by atoms with Gasteiger partial charge in [-0.2, -0.15) is 0 Å². The van der Waals surface area contributed by atoms with Crippen molar-refractivity contribution in [3.8, 4) is 0 Å². The van der Waals surface area contributed by atoms with Gasteiger partial charge >= 0.3 is 0 Å². The van der Waals surface area contributed by atoms with Gasteiger partial charge in [0.05, 0.1) is 13.2 Å². The first kappa shape index (κ1) is 15.5. The summed E-state index contributed by atoms with van der Waals surface area (Å²) < 4.78 is 5.56. The second kappa shape index (κ2) is 7.77. The molecule has 1 aliphatic heterocycles. The van der Waals surface area contributed by atoms with Crippen LogP contribution in [0.25, 0.3) is 0 Å². The van der Waals surface area contributed by atoms with Crippen LogP contribution in [0.2, 0.25) is 0 Å². The molecule has 1 aromatic carbocycles. The first-order chi connectivity index (χ1) is 9.66. The average Bonchev–Trinajstić information content (AvgIpc) is 2.46. The van der Waals surface area contributed by atoms with E-state index in [-0.39, 0.29) is 0 Å². The number of nitrogens with one attached hydrogen (secondary N) is 1. The normalized spacial score (nSPS) is 21.4. The molecule has 1 heterocycles. The Kier molecular flexibility index (Phi) is 6.02. The summed E-state index contributed by atoms with van der Waals surface area (Å²) in [5, 5.41) is 3.56. The molecule has 0 aliphatic carbocycles. The van der Waals surface area contributed by atoms with Gasteiger partial charge < -0.3 is 10.1 Å². The highest BCUT2D eigenvalue weighted by molar-refractivity contribution is 5.14. The third-order valence-electron chi connectivity index (χ3n) is 4.06. The van der Waals surface area contributed by atoms with E-state index in [1.54, 1.807) is 0 Å². The van der Waals surface area contributed by atoms with Crippen molar-refractivity contribution >= 4 is 0 Å². The van der Waals surface area contributed by atoms with Crippen LogP contribution in [0.4, 0.5) is 0 Å². The lowest BCUT2D eigenvalue weighted by atomic mass is 10.0. The van der Waals surface area contributed by atoms with Crippen molar-refractivity contribution in [2.75, 3.05) is 19.8 Å². The first-order valence-corrected chi connectivity index (χ1v) is 7.77. The summed E-state index contributed by atoms with van der Waals surface area (Å²) in [6.07, 6.45) is 1.14. The van der Waals surface area contributed by atoms with E-state index in [2.05, 4.69) is 61.3 Å². The zero-order valence-corrected chi connectivity index (χ0v) is 13.0. The molecule has 0 radical (unpaired) electrons. The third-order valence-corrected chi connectivity index (χ3v) is 4.06. The number of hydrogen-bond acceptors (Lipinski definition) is 3. The first-order valence-electron chi connectivity index (χ1n) is 7.77. The van der Waals surface area contributed by atoms with Crippen molar-refractivity contribution in [3.63, 3.8) is 0 Å². The van der Waals surface area contributed by atoms with Gasteiger partial charge in [-0.05, 0) is 32.8 Å². The molecule has 2 rings (SSSR count).